The Balaban J connectivity index is 1.40. The second-order valence-electron chi connectivity index (χ2n) is 12.3. The summed E-state index contributed by atoms with van der Waals surface area (Å²) >= 11 is 0. The Morgan fingerprint density at radius 1 is 0.792 bits per heavy atom. The smallest absolute Gasteiger partial charge is 0.243 e. The van der Waals surface area contributed by atoms with Crippen molar-refractivity contribution in [3.63, 3.8) is 0 Å². The van der Waals surface area contributed by atoms with Gasteiger partial charge < -0.3 is 32.1 Å². The van der Waals surface area contributed by atoms with Gasteiger partial charge in [0.25, 0.3) is 0 Å². The molecule has 248 valence electrons. The average Bonchev–Trinajstić information content (AvgIpc) is 3.10. The number of primary amides is 1. The van der Waals surface area contributed by atoms with E-state index < -0.39 is 53.7 Å². The van der Waals surface area contributed by atoms with Crippen molar-refractivity contribution in [2.24, 2.45) is 11.5 Å². The Morgan fingerprint density at radius 3 is 2.02 bits per heavy atom. The molecular weight excluding hydrogens is 606 g/mol. The van der Waals surface area contributed by atoms with Gasteiger partial charge >= 0.3 is 0 Å². The van der Waals surface area contributed by atoms with Gasteiger partial charge in [-0.15, -0.1) is 0 Å². The van der Waals surface area contributed by atoms with Gasteiger partial charge in [0.15, 0.2) is 0 Å². The molecule has 10 heteroatoms. The van der Waals surface area contributed by atoms with Gasteiger partial charge in [-0.2, -0.15) is 0 Å². The molecule has 4 amide bonds. The molecule has 7 N–H and O–H groups in total. The molecule has 0 radical (unpaired) electrons. The molecule has 0 saturated heterocycles. The number of nitrogens with zero attached hydrogens (tertiary/aromatic N) is 1. The van der Waals surface area contributed by atoms with Gasteiger partial charge in [-0.25, -0.2) is 0 Å². The maximum Gasteiger partial charge on any atom is 0.243 e. The first kappa shape index (κ1) is 33.9. The third-order valence-corrected chi connectivity index (χ3v) is 8.89. The van der Waals surface area contributed by atoms with E-state index in [1.165, 1.54) is 17.0 Å². The first-order chi connectivity index (χ1) is 23.1. The molecule has 0 spiro atoms. The minimum absolute atomic E-state index is 0.105. The van der Waals surface area contributed by atoms with Crippen LogP contribution in [0.1, 0.15) is 40.7 Å². The van der Waals surface area contributed by atoms with Gasteiger partial charge in [-0.1, -0.05) is 104 Å². The lowest BCUT2D eigenvalue weighted by atomic mass is 9.91. The number of benzene rings is 4. The molecule has 0 aliphatic carbocycles. The van der Waals surface area contributed by atoms with E-state index in [4.69, 9.17) is 11.5 Å². The van der Waals surface area contributed by atoms with Crippen LogP contribution < -0.4 is 22.1 Å². The molecule has 10 nitrogen and oxygen atoms in total. The minimum atomic E-state index is -1.08. The van der Waals surface area contributed by atoms with Crippen LogP contribution in [0.2, 0.25) is 0 Å². The van der Waals surface area contributed by atoms with Crippen molar-refractivity contribution < 1.29 is 24.3 Å². The standard InChI is InChI=1S/C38H41N5O5/c1-24(27-12-6-3-7-13-27)34(35(40)45)42-36(46)32(21-25-10-4-2-5-11-25)41-37(47)33-22-28-14-8-9-15-29(28)23-43(33)38(48)31(39)20-26-16-18-30(44)19-17-26/h2-19,24,31-34,44H,20-23,39H2,1H3,(H2,40,45)(H,41,47)(H,42,46). The summed E-state index contributed by atoms with van der Waals surface area (Å²) in [4.78, 5) is 56.0. The summed E-state index contributed by atoms with van der Waals surface area (Å²) in [6.45, 7) is 1.98. The van der Waals surface area contributed by atoms with E-state index in [0.29, 0.717) is 0 Å². The van der Waals surface area contributed by atoms with Gasteiger partial charge in [0, 0.05) is 25.3 Å². The summed E-state index contributed by atoms with van der Waals surface area (Å²) in [5, 5.41) is 15.3. The molecule has 48 heavy (non-hydrogen) atoms. The van der Waals surface area contributed by atoms with E-state index in [1.807, 2.05) is 84.9 Å². The second-order valence-corrected chi connectivity index (χ2v) is 12.3. The molecular formula is C38H41N5O5. The summed E-state index contributed by atoms with van der Waals surface area (Å²) in [5.74, 6) is -2.53. The van der Waals surface area contributed by atoms with Crippen molar-refractivity contribution in [1.29, 1.82) is 0 Å². The van der Waals surface area contributed by atoms with Crippen LogP contribution in [-0.2, 0) is 45.0 Å². The fraction of sp³-hybridized carbons (Fsp3) is 0.263. The molecule has 5 unspecified atom stereocenters. The van der Waals surface area contributed by atoms with Crippen LogP contribution in [0, 0.1) is 0 Å². The summed E-state index contributed by atoms with van der Waals surface area (Å²) in [7, 11) is 0. The highest BCUT2D eigenvalue weighted by Crippen LogP contribution is 2.25. The molecule has 4 aromatic carbocycles. The van der Waals surface area contributed by atoms with Gasteiger partial charge in [-0.05, 0) is 46.4 Å². The number of hydrogen-bond donors (Lipinski definition) is 5. The molecule has 0 bridgehead atoms. The number of nitrogens with two attached hydrogens (primary N) is 2. The second kappa shape index (κ2) is 15.4. The molecule has 4 aromatic rings. The lowest BCUT2D eigenvalue weighted by Gasteiger charge is -2.38. The van der Waals surface area contributed by atoms with Crippen LogP contribution in [-0.4, -0.2) is 57.8 Å². The molecule has 1 heterocycles. The Labute approximate surface area is 280 Å². The molecule has 0 saturated carbocycles. The molecule has 1 aliphatic rings. The number of carbonyl (C=O) groups is 4. The van der Waals surface area contributed by atoms with E-state index in [9.17, 15) is 24.3 Å². The number of carbonyl (C=O) groups excluding carboxylic acids is 4. The highest BCUT2D eigenvalue weighted by atomic mass is 16.3. The zero-order valence-corrected chi connectivity index (χ0v) is 26.8. The Bertz CT molecular complexity index is 1730. The van der Waals surface area contributed by atoms with Gasteiger partial charge in [0.1, 0.15) is 23.9 Å². The van der Waals surface area contributed by atoms with E-state index in [1.54, 1.807) is 19.1 Å². The molecule has 0 aromatic heterocycles. The predicted octanol–water partition coefficient (Wildman–Crippen LogP) is 2.72. The number of hydrogen-bond acceptors (Lipinski definition) is 6. The number of rotatable bonds is 12. The van der Waals surface area contributed by atoms with E-state index in [2.05, 4.69) is 10.6 Å². The van der Waals surface area contributed by atoms with Crippen LogP contribution in [0.3, 0.4) is 0 Å². The molecule has 0 fully saturated rings. The highest BCUT2D eigenvalue weighted by molar-refractivity contribution is 5.95. The average molecular weight is 648 g/mol. The SMILES string of the molecule is CC(c1ccccc1)C(NC(=O)C(Cc1ccccc1)NC(=O)C1Cc2ccccc2CN1C(=O)C(N)Cc1ccc(O)cc1)C(N)=O. The summed E-state index contributed by atoms with van der Waals surface area (Å²) in [5.41, 5.74) is 16.4. The van der Waals surface area contributed by atoms with Gasteiger partial charge in [0.2, 0.25) is 23.6 Å². The van der Waals surface area contributed by atoms with Crippen molar-refractivity contribution >= 4 is 23.6 Å². The zero-order valence-electron chi connectivity index (χ0n) is 26.8. The van der Waals surface area contributed by atoms with Crippen molar-refractivity contribution in [3.05, 3.63) is 137 Å². The Kier molecular flexibility index (Phi) is 10.9. The van der Waals surface area contributed by atoms with E-state index in [0.717, 1.165) is 27.8 Å². The summed E-state index contributed by atoms with van der Waals surface area (Å²) < 4.78 is 0. The van der Waals surface area contributed by atoms with Crippen molar-refractivity contribution in [2.45, 2.75) is 62.8 Å². The van der Waals surface area contributed by atoms with Crippen LogP contribution in [0.4, 0.5) is 0 Å². The fourth-order valence-electron chi connectivity index (χ4n) is 6.15. The molecule has 5 atom stereocenters. The number of fused-ring (bicyclic) bond motifs is 1. The van der Waals surface area contributed by atoms with Gasteiger partial charge in [-0.3, -0.25) is 19.2 Å². The Morgan fingerprint density at radius 2 is 1.38 bits per heavy atom. The molecule has 1 aliphatic heterocycles. The zero-order chi connectivity index (χ0) is 34.2. The normalized spacial score (nSPS) is 16.5. The minimum Gasteiger partial charge on any atom is -0.508 e. The molecule has 5 rings (SSSR count). The lowest BCUT2D eigenvalue weighted by Crippen LogP contribution is -2.60. The van der Waals surface area contributed by atoms with Crippen molar-refractivity contribution in [1.82, 2.24) is 15.5 Å². The number of aromatic hydroxyl groups is 1. The van der Waals surface area contributed by atoms with E-state index >= 15 is 0 Å². The Hall–Kier alpha value is -5.48. The number of amides is 4. The van der Waals surface area contributed by atoms with Crippen LogP contribution in [0.15, 0.2) is 109 Å². The van der Waals surface area contributed by atoms with Gasteiger partial charge in [0.05, 0.1) is 6.04 Å². The largest absolute Gasteiger partial charge is 0.508 e. The fourth-order valence-corrected chi connectivity index (χ4v) is 6.15. The lowest BCUT2D eigenvalue weighted by molar-refractivity contribution is -0.143. The maximum atomic E-state index is 14.2. The summed E-state index contributed by atoms with van der Waals surface area (Å²) in [6.07, 6.45) is 0.578. The maximum absolute atomic E-state index is 14.2. The first-order valence-corrected chi connectivity index (χ1v) is 16.0. The van der Waals surface area contributed by atoms with Crippen LogP contribution >= 0.6 is 0 Å². The van der Waals surface area contributed by atoms with Crippen molar-refractivity contribution in [2.75, 3.05) is 0 Å². The van der Waals surface area contributed by atoms with Crippen molar-refractivity contribution in [3.8, 4) is 5.75 Å². The third kappa shape index (κ3) is 8.26. The third-order valence-electron chi connectivity index (χ3n) is 8.89. The predicted molar refractivity (Wildman–Crippen MR) is 182 cm³/mol. The number of phenolic OH excluding ortho intramolecular Hbond substituents is 1. The topological polar surface area (TPSA) is 168 Å². The van der Waals surface area contributed by atoms with E-state index in [-0.39, 0.29) is 31.6 Å². The number of phenols is 1. The number of nitrogens with one attached hydrogen (secondary N) is 2. The highest BCUT2D eigenvalue weighted by Gasteiger charge is 2.38. The summed E-state index contributed by atoms with van der Waals surface area (Å²) in [6, 6.07) is 28.5. The van der Waals surface area contributed by atoms with Crippen LogP contribution in [0.25, 0.3) is 0 Å². The first-order valence-electron chi connectivity index (χ1n) is 16.0. The van der Waals surface area contributed by atoms with Crippen LogP contribution in [0.5, 0.6) is 5.75 Å². The monoisotopic (exact) mass is 647 g/mol. The quantitative estimate of drug-likeness (QED) is 0.159.